The molecule has 0 aliphatic heterocycles. The van der Waals surface area contributed by atoms with Crippen LogP contribution >= 0.6 is 11.6 Å². The van der Waals surface area contributed by atoms with Crippen molar-refractivity contribution in [2.45, 2.75) is 50.2 Å². The number of rotatable bonds is 12. The molecule has 1 unspecified atom stereocenters. The van der Waals surface area contributed by atoms with E-state index in [-0.39, 0.29) is 23.5 Å². The number of anilines is 1. The molecule has 0 heterocycles. The predicted octanol–water partition coefficient (Wildman–Crippen LogP) is 6.24. The number of carbonyl (C=O) groups excluding carboxylic acids is 2. The number of ether oxygens (including phenoxy) is 1. The molecule has 4 aromatic rings. The molecule has 242 valence electrons. The van der Waals surface area contributed by atoms with Crippen LogP contribution in [0.3, 0.4) is 0 Å². The second kappa shape index (κ2) is 14.8. The van der Waals surface area contributed by atoms with Crippen molar-refractivity contribution in [3.05, 3.63) is 125 Å². The standard InChI is InChI=1S/C35H37ClFN3O5S/c1-35(2,3)38-34(42)32(22-25-8-6-5-7-9-25)39(23-26-10-14-28(37)15-11-26)33(41)24-40(29-16-12-27(36)13-17-29)46(43,44)31-20-18-30(45-4)19-21-31/h5-21,32H,22-24H2,1-4H3,(H,38,42). The maximum atomic E-state index is 14.5. The number of carbonyl (C=O) groups is 2. The number of benzene rings is 4. The number of hydrogen-bond donors (Lipinski definition) is 1. The van der Waals surface area contributed by atoms with Crippen LogP contribution in [0.15, 0.2) is 108 Å². The summed E-state index contributed by atoms with van der Waals surface area (Å²) in [6, 6.07) is 25.7. The molecule has 4 aromatic carbocycles. The van der Waals surface area contributed by atoms with E-state index in [2.05, 4.69) is 5.32 Å². The zero-order valence-corrected chi connectivity index (χ0v) is 27.7. The molecule has 8 nitrogen and oxygen atoms in total. The number of hydrogen-bond acceptors (Lipinski definition) is 5. The van der Waals surface area contributed by atoms with Crippen LogP contribution in [0.2, 0.25) is 5.02 Å². The molecular formula is C35H37ClFN3O5S. The van der Waals surface area contributed by atoms with E-state index in [0.29, 0.717) is 16.3 Å². The maximum Gasteiger partial charge on any atom is 0.264 e. The van der Waals surface area contributed by atoms with E-state index in [9.17, 15) is 22.4 Å². The van der Waals surface area contributed by atoms with Crippen LogP contribution in [0.1, 0.15) is 31.9 Å². The smallest absolute Gasteiger partial charge is 0.264 e. The lowest BCUT2D eigenvalue weighted by Crippen LogP contribution is -2.56. The van der Waals surface area contributed by atoms with Gasteiger partial charge in [0, 0.05) is 23.5 Å². The van der Waals surface area contributed by atoms with E-state index in [1.54, 1.807) is 0 Å². The number of nitrogens with zero attached hydrogens (tertiary/aromatic N) is 2. The van der Waals surface area contributed by atoms with Crippen LogP contribution in [0.25, 0.3) is 0 Å². The molecule has 0 aliphatic rings. The third-order valence-electron chi connectivity index (χ3n) is 7.08. The van der Waals surface area contributed by atoms with Gasteiger partial charge in [0.15, 0.2) is 0 Å². The average Bonchev–Trinajstić information content (AvgIpc) is 3.02. The third kappa shape index (κ3) is 9.08. The van der Waals surface area contributed by atoms with Crippen LogP contribution in [-0.2, 0) is 32.6 Å². The van der Waals surface area contributed by atoms with Gasteiger partial charge in [0.1, 0.15) is 24.2 Å². The third-order valence-corrected chi connectivity index (χ3v) is 9.12. The van der Waals surface area contributed by atoms with Crippen LogP contribution in [0, 0.1) is 5.82 Å². The first-order chi connectivity index (χ1) is 21.8. The first-order valence-electron chi connectivity index (χ1n) is 14.6. The van der Waals surface area contributed by atoms with Crippen molar-refractivity contribution < 1.29 is 27.1 Å². The molecule has 0 aromatic heterocycles. The molecule has 0 fully saturated rings. The quantitative estimate of drug-likeness (QED) is 0.193. The van der Waals surface area contributed by atoms with Crippen molar-refractivity contribution >= 4 is 39.1 Å². The fourth-order valence-corrected chi connectivity index (χ4v) is 6.34. The van der Waals surface area contributed by atoms with Crippen molar-refractivity contribution in [3.8, 4) is 5.75 Å². The van der Waals surface area contributed by atoms with Gasteiger partial charge in [0.2, 0.25) is 11.8 Å². The highest BCUT2D eigenvalue weighted by molar-refractivity contribution is 7.92. The Balaban J connectivity index is 1.81. The molecule has 46 heavy (non-hydrogen) atoms. The number of sulfonamides is 1. The summed E-state index contributed by atoms with van der Waals surface area (Å²) >= 11 is 6.12. The summed E-state index contributed by atoms with van der Waals surface area (Å²) in [7, 11) is -2.82. The van der Waals surface area contributed by atoms with E-state index in [1.807, 2.05) is 51.1 Å². The highest BCUT2D eigenvalue weighted by atomic mass is 35.5. The number of amides is 2. The summed E-state index contributed by atoms with van der Waals surface area (Å²) in [6.45, 7) is 4.79. The maximum absolute atomic E-state index is 14.5. The van der Waals surface area contributed by atoms with Crippen molar-refractivity contribution in [2.75, 3.05) is 18.0 Å². The minimum Gasteiger partial charge on any atom is -0.497 e. The Morgan fingerprint density at radius 3 is 2.04 bits per heavy atom. The van der Waals surface area contributed by atoms with Crippen LogP contribution in [-0.4, -0.2) is 50.4 Å². The van der Waals surface area contributed by atoms with E-state index in [1.165, 1.54) is 84.8 Å². The minimum absolute atomic E-state index is 0.0626. The largest absolute Gasteiger partial charge is 0.497 e. The number of nitrogens with one attached hydrogen (secondary N) is 1. The fraction of sp³-hybridized carbons (Fsp3) is 0.257. The molecular weight excluding hydrogens is 629 g/mol. The Kier molecular flexibility index (Phi) is 11.1. The van der Waals surface area contributed by atoms with Gasteiger partial charge in [-0.15, -0.1) is 0 Å². The molecule has 1 N–H and O–H groups in total. The van der Waals surface area contributed by atoms with E-state index < -0.39 is 45.8 Å². The average molecular weight is 666 g/mol. The summed E-state index contributed by atoms with van der Waals surface area (Å²) in [6.07, 6.45) is 0.155. The first kappa shape index (κ1) is 34.5. The minimum atomic E-state index is -4.30. The number of halogens is 2. The van der Waals surface area contributed by atoms with E-state index in [4.69, 9.17) is 16.3 Å². The second-order valence-corrected chi connectivity index (χ2v) is 14.1. The van der Waals surface area contributed by atoms with Gasteiger partial charge >= 0.3 is 0 Å². The lowest BCUT2D eigenvalue weighted by molar-refractivity contribution is -0.140. The Morgan fingerprint density at radius 2 is 1.48 bits per heavy atom. The molecule has 2 amide bonds. The molecule has 0 saturated heterocycles. The van der Waals surface area contributed by atoms with Crippen molar-refractivity contribution in [1.82, 2.24) is 10.2 Å². The second-order valence-electron chi connectivity index (χ2n) is 11.8. The molecule has 0 aliphatic carbocycles. The van der Waals surface area contributed by atoms with Crippen molar-refractivity contribution in [2.24, 2.45) is 0 Å². The number of methoxy groups -OCH3 is 1. The van der Waals surface area contributed by atoms with Gasteiger partial charge in [0.05, 0.1) is 17.7 Å². The Labute approximate surface area is 274 Å². The van der Waals surface area contributed by atoms with Gasteiger partial charge < -0.3 is 15.0 Å². The Hall–Kier alpha value is -4.41. The zero-order valence-electron chi connectivity index (χ0n) is 26.1. The van der Waals surface area contributed by atoms with Gasteiger partial charge in [-0.2, -0.15) is 0 Å². The van der Waals surface area contributed by atoms with Gasteiger partial charge in [-0.25, -0.2) is 12.8 Å². The molecule has 4 rings (SSSR count). The molecule has 0 bridgehead atoms. The normalized spacial score (nSPS) is 12.2. The van der Waals surface area contributed by atoms with Crippen LogP contribution in [0.4, 0.5) is 10.1 Å². The van der Waals surface area contributed by atoms with E-state index in [0.717, 1.165) is 9.87 Å². The molecule has 11 heteroatoms. The van der Waals surface area contributed by atoms with Crippen molar-refractivity contribution in [3.63, 3.8) is 0 Å². The predicted molar refractivity (Wildman–Crippen MR) is 178 cm³/mol. The van der Waals surface area contributed by atoms with Crippen LogP contribution < -0.4 is 14.4 Å². The fourth-order valence-electron chi connectivity index (χ4n) is 4.80. The monoisotopic (exact) mass is 665 g/mol. The van der Waals surface area contributed by atoms with E-state index >= 15 is 0 Å². The SMILES string of the molecule is COc1ccc(S(=O)(=O)N(CC(=O)N(Cc2ccc(F)cc2)C(Cc2ccccc2)C(=O)NC(C)(C)C)c2ccc(Cl)cc2)cc1. The summed E-state index contributed by atoms with van der Waals surface area (Å²) < 4.78 is 48.2. The zero-order chi connectivity index (χ0) is 33.5. The molecule has 0 saturated carbocycles. The van der Waals surface area contributed by atoms with Crippen molar-refractivity contribution in [1.29, 1.82) is 0 Å². The Bertz CT molecular complexity index is 1730. The van der Waals surface area contributed by atoms with Gasteiger partial charge in [-0.1, -0.05) is 54.1 Å². The summed E-state index contributed by atoms with van der Waals surface area (Å²) in [5.41, 5.74) is 0.944. The molecule has 0 radical (unpaired) electrons. The van der Waals surface area contributed by atoms with Crippen LogP contribution in [0.5, 0.6) is 5.75 Å². The topological polar surface area (TPSA) is 96.0 Å². The highest BCUT2D eigenvalue weighted by Gasteiger charge is 2.35. The molecule has 1 atom stereocenters. The molecule has 0 spiro atoms. The Morgan fingerprint density at radius 1 is 0.870 bits per heavy atom. The summed E-state index contributed by atoms with van der Waals surface area (Å²) in [5, 5.41) is 3.36. The van der Waals surface area contributed by atoms with Gasteiger partial charge in [-0.3, -0.25) is 13.9 Å². The lowest BCUT2D eigenvalue weighted by Gasteiger charge is -2.35. The first-order valence-corrected chi connectivity index (χ1v) is 16.4. The lowest BCUT2D eigenvalue weighted by atomic mass is 10.0. The summed E-state index contributed by atoms with van der Waals surface area (Å²) in [4.78, 5) is 29.7. The van der Waals surface area contributed by atoms with Gasteiger partial charge in [0.25, 0.3) is 10.0 Å². The summed E-state index contributed by atoms with van der Waals surface area (Å²) in [5.74, 6) is -1.04. The van der Waals surface area contributed by atoms with Gasteiger partial charge in [-0.05, 0) is 92.6 Å². The highest BCUT2D eigenvalue weighted by Crippen LogP contribution is 2.27.